The summed E-state index contributed by atoms with van der Waals surface area (Å²) < 4.78 is 11.4. The van der Waals surface area contributed by atoms with E-state index >= 15 is 0 Å². The molecule has 1 aliphatic heterocycles. The molecule has 6 nitrogen and oxygen atoms in total. The lowest BCUT2D eigenvalue weighted by atomic mass is 9.82. The van der Waals surface area contributed by atoms with Crippen molar-refractivity contribution in [3.63, 3.8) is 0 Å². The molecule has 0 bridgehead atoms. The maximum Gasteiger partial charge on any atom is 0.409 e. The van der Waals surface area contributed by atoms with Crippen molar-refractivity contribution < 1.29 is 14.3 Å². The molecule has 4 rings (SSSR count). The second kappa shape index (κ2) is 9.84. The Kier molecular flexibility index (Phi) is 6.95. The Morgan fingerprint density at radius 1 is 1.20 bits per heavy atom. The fraction of sp³-hybridized carbons (Fsp3) is 0.565. The molecule has 2 fully saturated rings. The lowest BCUT2D eigenvalue weighted by Crippen LogP contribution is -2.50. The zero-order valence-electron chi connectivity index (χ0n) is 17.4. The second-order valence-corrected chi connectivity index (χ2v) is 8.74. The number of nitrogens with one attached hydrogen (secondary N) is 1. The van der Waals surface area contributed by atoms with Gasteiger partial charge in [-0.05, 0) is 50.0 Å². The fourth-order valence-corrected chi connectivity index (χ4v) is 5.24. The van der Waals surface area contributed by atoms with E-state index in [0.717, 1.165) is 44.2 Å². The van der Waals surface area contributed by atoms with E-state index in [1.165, 1.54) is 12.7 Å². The van der Waals surface area contributed by atoms with Gasteiger partial charge in [0.25, 0.3) is 0 Å². The van der Waals surface area contributed by atoms with Gasteiger partial charge in [0.2, 0.25) is 0 Å². The summed E-state index contributed by atoms with van der Waals surface area (Å²) in [6.45, 7) is 1.15. The summed E-state index contributed by atoms with van der Waals surface area (Å²) in [4.78, 5) is 14.2. The van der Waals surface area contributed by atoms with Gasteiger partial charge in [0, 0.05) is 12.5 Å². The topological polar surface area (TPSA) is 67.5 Å². The number of aromatic nitrogens is 2. The molecule has 0 spiro atoms. The molecule has 1 unspecified atom stereocenters. The van der Waals surface area contributed by atoms with Gasteiger partial charge in [0.15, 0.2) is 0 Å². The van der Waals surface area contributed by atoms with Crippen molar-refractivity contribution in [2.75, 3.05) is 20.3 Å². The van der Waals surface area contributed by atoms with Gasteiger partial charge >= 0.3 is 6.09 Å². The van der Waals surface area contributed by atoms with Gasteiger partial charge in [-0.2, -0.15) is 5.10 Å². The number of halogens is 1. The molecule has 30 heavy (non-hydrogen) atoms. The molecule has 1 aromatic heterocycles. The third-order valence-corrected chi connectivity index (χ3v) is 6.93. The zero-order chi connectivity index (χ0) is 20.9. The van der Waals surface area contributed by atoms with Crippen LogP contribution in [-0.4, -0.2) is 53.6 Å². The van der Waals surface area contributed by atoms with E-state index in [4.69, 9.17) is 21.1 Å². The van der Waals surface area contributed by atoms with Crippen LogP contribution in [0.5, 0.6) is 0 Å². The second-order valence-electron chi connectivity index (χ2n) is 8.33. The predicted octanol–water partition coefficient (Wildman–Crippen LogP) is 5.12. The summed E-state index contributed by atoms with van der Waals surface area (Å²) in [5.41, 5.74) is 2.31. The van der Waals surface area contributed by atoms with Crippen molar-refractivity contribution in [1.82, 2.24) is 15.1 Å². The van der Waals surface area contributed by atoms with Crippen LogP contribution in [0.2, 0.25) is 5.02 Å². The molecule has 2 heterocycles. The monoisotopic (exact) mass is 431 g/mol. The number of piperidine rings is 1. The van der Waals surface area contributed by atoms with Crippen molar-refractivity contribution in [2.45, 2.75) is 62.5 Å². The molecule has 1 aliphatic carbocycles. The lowest BCUT2D eigenvalue weighted by Gasteiger charge is -2.41. The molecular formula is C23H30ClN3O3. The van der Waals surface area contributed by atoms with Crippen molar-refractivity contribution in [3.05, 3.63) is 52.8 Å². The minimum absolute atomic E-state index is 0.0634. The maximum atomic E-state index is 12.4. The van der Waals surface area contributed by atoms with Gasteiger partial charge in [0.05, 0.1) is 42.8 Å². The SMILES string of the molecule is COC(=O)N1CCCC(c2[nH]ncc2Cl)[C@@H]1COC1CCC(c2ccccc2)CC1. The van der Waals surface area contributed by atoms with E-state index in [-0.39, 0.29) is 24.2 Å². The fourth-order valence-electron chi connectivity index (χ4n) is 5.01. The minimum atomic E-state index is -0.309. The molecule has 2 aromatic rings. The zero-order valence-corrected chi connectivity index (χ0v) is 18.2. The number of H-pyrrole nitrogens is 1. The van der Waals surface area contributed by atoms with Crippen LogP contribution in [0.15, 0.2) is 36.5 Å². The number of ether oxygens (including phenoxy) is 2. The summed E-state index contributed by atoms with van der Waals surface area (Å²) >= 11 is 6.35. The summed E-state index contributed by atoms with van der Waals surface area (Å²) in [5, 5.41) is 7.72. The summed E-state index contributed by atoms with van der Waals surface area (Å²) in [5.74, 6) is 0.678. The van der Waals surface area contributed by atoms with Crippen LogP contribution in [0.1, 0.15) is 61.6 Å². The number of amides is 1. The Hall–Kier alpha value is -2.05. The van der Waals surface area contributed by atoms with Gasteiger partial charge in [0.1, 0.15) is 0 Å². The van der Waals surface area contributed by atoms with Gasteiger partial charge < -0.3 is 14.4 Å². The maximum absolute atomic E-state index is 12.4. The van der Waals surface area contributed by atoms with Crippen LogP contribution < -0.4 is 0 Å². The highest BCUT2D eigenvalue weighted by molar-refractivity contribution is 6.31. The van der Waals surface area contributed by atoms with Gasteiger partial charge in [-0.15, -0.1) is 0 Å². The molecule has 1 saturated heterocycles. The van der Waals surface area contributed by atoms with E-state index in [1.54, 1.807) is 11.1 Å². The first-order valence-electron chi connectivity index (χ1n) is 10.9. The van der Waals surface area contributed by atoms with E-state index in [2.05, 4.69) is 40.5 Å². The molecule has 1 saturated carbocycles. The number of benzene rings is 1. The number of carbonyl (C=O) groups excluding carboxylic acids is 1. The summed E-state index contributed by atoms with van der Waals surface area (Å²) in [6.07, 6.45) is 7.72. The predicted molar refractivity (Wildman–Crippen MR) is 116 cm³/mol. The highest BCUT2D eigenvalue weighted by Crippen LogP contribution is 2.37. The molecule has 1 aromatic carbocycles. The Morgan fingerprint density at radius 2 is 1.97 bits per heavy atom. The van der Waals surface area contributed by atoms with Gasteiger partial charge in [-0.1, -0.05) is 41.9 Å². The molecule has 2 atom stereocenters. The lowest BCUT2D eigenvalue weighted by molar-refractivity contribution is -0.0242. The van der Waals surface area contributed by atoms with E-state index in [1.807, 2.05) is 0 Å². The molecule has 2 aliphatic rings. The van der Waals surface area contributed by atoms with E-state index < -0.39 is 0 Å². The van der Waals surface area contributed by atoms with Crippen LogP contribution in [-0.2, 0) is 9.47 Å². The highest BCUT2D eigenvalue weighted by atomic mass is 35.5. The molecule has 1 N–H and O–H groups in total. The number of methoxy groups -OCH3 is 1. The molecule has 0 radical (unpaired) electrons. The van der Waals surface area contributed by atoms with Crippen LogP contribution >= 0.6 is 11.6 Å². The number of hydrogen-bond acceptors (Lipinski definition) is 4. The first kappa shape index (κ1) is 21.2. The average molecular weight is 432 g/mol. The van der Waals surface area contributed by atoms with Crippen molar-refractivity contribution in [2.24, 2.45) is 0 Å². The molecule has 7 heteroatoms. The molecule has 1 amide bonds. The Morgan fingerprint density at radius 3 is 2.63 bits per heavy atom. The Bertz CT molecular complexity index is 820. The Labute approximate surface area is 182 Å². The first-order valence-corrected chi connectivity index (χ1v) is 11.2. The Balaban J connectivity index is 1.40. The number of aromatic amines is 1. The summed E-state index contributed by atoms with van der Waals surface area (Å²) in [6, 6.07) is 10.6. The van der Waals surface area contributed by atoms with Gasteiger partial charge in [-0.25, -0.2) is 4.79 Å². The smallest absolute Gasteiger partial charge is 0.409 e. The molecule has 162 valence electrons. The largest absolute Gasteiger partial charge is 0.453 e. The van der Waals surface area contributed by atoms with E-state index in [0.29, 0.717) is 24.1 Å². The van der Waals surface area contributed by atoms with Crippen molar-refractivity contribution in [3.8, 4) is 0 Å². The van der Waals surface area contributed by atoms with Crippen LogP contribution in [0.25, 0.3) is 0 Å². The third-order valence-electron chi connectivity index (χ3n) is 6.63. The van der Waals surface area contributed by atoms with Crippen LogP contribution in [0.4, 0.5) is 4.79 Å². The number of carbonyl (C=O) groups is 1. The third kappa shape index (κ3) is 4.65. The van der Waals surface area contributed by atoms with Gasteiger partial charge in [-0.3, -0.25) is 5.10 Å². The summed E-state index contributed by atoms with van der Waals surface area (Å²) in [7, 11) is 1.43. The standard InChI is InChI=1S/C23H30ClN3O3/c1-29-23(28)27-13-5-8-19(22-20(24)14-25-26-22)21(27)15-30-18-11-9-17(10-12-18)16-6-3-2-4-7-16/h2-4,6-7,14,17-19,21H,5,8-13,15H2,1H3,(H,25,26)/t17?,18?,19?,21-/m0/s1. The normalized spacial score (nSPS) is 27.1. The number of nitrogens with zero attached hydrogens (tertiary/aromatic N) is 2. The number of rotatable bonds is 5. The van der Waals surface area contributed by atoms with Crippen LogP contribution in [0, 0.1) is 0 Å². The number of likely N-dealkylation sites (tertiary alicyclic amines) is 1. The van der Waals surface area contributed by atoms with Crippen molar-refractivity contribution in [1.29, 1.82) is 0 Å². The van der Waals surface area contributed by atoms with Crippen LogP contribution in [0.3, 0.4) is 0 Å². The first-order chi connectivity index (χ1) is 14.7. The highest BCUT2D eigenvalue weighted by Gasteiger charge is 2.38. The van der Waals surface area contributed by atoms with Crippen molar-refractivity contribution >= 4 is 17.7 Å². The molecular weight excluding hydrogens is 402 g/mol. The average Bonchev–Trinajstić information content (AvgIpc) is 3.23. The van der Waals surface area contributed by atoms with E-state index in [9.17, 15) is 4.79 Å². The minimum Gasteiger partial charge on any atom is -0.453 e. The number of hydrogen-bond donors (Lipinski definition) is 1. The quantitative estimate of drug-likeness (QED) is 0.713.